The van der Waals surface area contributed by atoms with Crippen molar-refractivity contribution >= 4 is 29.6 Å². The average Bonchev–Trinajstić information content (AvgIpc) is 2.67. The Morgan fingerprint density at radius 1 is 1.17 bits per heavy atom. The van der Waals surface area contributed by atoms with Crippen LogP contribution in [0.15, 0.2) is 0 Å². The fourth-order valence-corrected chi connectivity index (χ4v) is 5.75. The van der Waals surface area contributed by atoms with Gasteiger partial charge in [-0.25, -0.2) is 4.79 Å². The summed E-state index contributed by atoms with van der Waals surface area (Å²) in [6.45, 7) is 9.39. The van der Waals surface area contributed by atoms with E-state index in [0.717, 1.165) is 6.42 Å². The van der Waals surface area contributed by atoms with Gasteiger partial charge in [0.2, 0.25) is 11.8 Å². The lowest BCUT2D eigenvalue weighted by molar-refractivity contribution is -0.141. The topological polar surface area (TPSA) is 94.2 Å². The third kappa shape index (κ3) is 4.92. The van der Waals surface area contributed by atoms with Gasteiger partial charge in [-0.3, -0.25) is 25.1 Å². The van der Waals surface area contributed by atoms with Gasteiger partial charge in [0.15, 0.2) is 0 Å². The van der Waals surface area contributed by atoms with Gasteiger partial charge in [0, 0.05) is 27.2 Å². The molecule has 4 amide bonds. The van der Waals surface area contributed by atoms with Gasteiger partial charge in [0.1, 0.15) is 0 Å². The summed E-state index contributed by atoms with van der Waals surface area (Å²) >= 11 is 1.46. The van der Waals surface area contributed by atoms with Gasteiger partial charge in [-0.15, -0.1) is 11.8 Å². The lowest BCUT2D eigenvalue weighted by Gasteiger charge is -2.50. The van der Waals surface area contributed by atoms with E-state index in [1.807, 2.05) is 18.7 Å². The van der Waals surface area contributed by atoms with Crippen LogP contribution in [-0.2, 0) is 14.3 Å². The highest BCUT2D eigenvalue weighted by Gasteiger charge is 2.51. The normalized spacial score (nSPS) is 35.1. The van der Waals surface area contributed by atoms with Crippen molar-refractivity contribution in [2.75, 3.05) is 32.9 Å². The van der Waals surface area contributed by atoms with Crippen LogP contribution >= 0.6 is 11.8 Å². The summed E-state index contributed by atoms with van der Waals surface area (Å²) in [7, 11) is 3.23. The number of urea groups is 1. The Balaban J connectivity index is 1.72. The van der Waals surface area contributed by atoms with E-state index in [-0.39, 0.29) is 53.5 Å². The highest BCUT2D eigenvalue weighted by atomic mass is 32.2. The van der Waals surface area contributed by atoms with Gasteiger partial charge < -0.3 is 14.5 Å². The Bertz CT molecular complexity index is 668. The molecular weight excluding hydrogens is 406 g/mol. The Kier molecular flexibility index (Phi) is 7.32. The van der Waals surface area contributed by atoms with Crippen LogP contribution in [0.3, 0.4) is 0 Å². The number of fused-ring (bicyclic) bond motifs is 1. The predicted octanol–water partition coefficient (Wildman–Crippen LogP) is 0.713. The molecule has 2 N–H and O–H groups in total. The van der Waals surface area contributed by atoms with E-state index in [9.17, 15) is 14.4 Å². The van der Waals surface area contributed by atoms with Crippen LogP contribution < -0.4 is 10.6 Å². The lowest BCUT2D eigenvalue weighted by atomic mass is 9.95. The van der Waals surface area contributed by atoms with Gasteiger partial charge >= 0.3 is 6.03 Å². The van der Waals surface area contributed by atoms with Crippen LogP contribution in [0.2, 0.25) is 0 Å². The Labute approximate surface area is 183 Å². The van der Waals surface area contributed by atoms with Crippen LogP contribution in [0.5, 0.6) is 0 Å². The number of carbonyl (C=O) groups is 3. The number of imide groups is 1. The predicted molar refractivity (Wildman–Crippen MR) is 116 cm³/mol. The number of thioether (sulfide) groups is 1. The summed E-state index contributed by atoms with van der Waals surface area (Å²) in [5.41, 5.74) is 0. The Morgan fingerprint density at radius 3 is 2.40 bits per heavy atom. The van der Waals surface area contributed by atoms with E-state index in [1.165, 1.54) is 23.7 Å². The molecule has 6 atom stereocenters. The van der Waals surface area contributed by atoms with E-state index in [2.05, 4.69) is 24.5 Å². The van der Waals surface area contributed by atoms with Crippen LogP contribution in [0.25, 0.3) is 0 Å². The molecule has 0 bridgehead atoms. The minimum atomic E-state index is -0.457. The number of ether oxygens (including phenoxy) is 1. The first-order valence-electron chi connectivity index (χ1n) is 10.7. The number of nitrogens with zero attached hydrogens (tertiary/aromatic N) is 3. The molecule has 3 aliphatic rings. The van der Waals surface area contributed by atoms with Gasteiger partial charge in [-0.05, 0) is 26.2 Å². The van der Waals surface area contributed by atoms with Crippen LogP contribution in [0.4, 0.5) is 4.79 Å². The Morgan fingerprint density at radius 2 is 1.80 bits per heavy atom. The van der Waals surface area contributed by atoms with Crippen molar-refractivity contribution in [1.82, 2.24) is 25.3 Å². The first kappa shape index (κ1) is 23.3. The second-order valence-corrected chi connectivity index (χ2v) is 10.2. The summed E-state index contributed by atoms with van der Waals surface area (Å²) in [6, 6.07) is -0.310. The number of hydrogen-bond acceptors (Lipinski definition) is 7. The standard InChI is InChI=1S/C20H35N5O4S/c1-11(2)7-14-21-17-16(19(27)24(6)20(28)23(17)5)18(22-14)30-10-15(26)25-8-12(3)29-13(4)9-25/h11-14,16-18,21-22H,7-10H2,1-6H3. The molecule has 3 rings (SSSR count). The van der Waals surface area contributed by atoms with Gasteiger partial charge in [-0.1, -0.05) is 13.8 Å². The van der Waals surface area contributed by atoms with Gasteiger partial charge in [-0.2, -0.15) is 0 Å². The minimum absolute atomic E-state index is 0.0211. The van der Waals surface area contributed by atoms with Crippen LogP contribution in [-0.4, -0.2) is 95.4 Å². The number of nitrogens with one attached hydrogen (secondary N) is 2. The average molecular weight is 442 g/mol. The number of hydrogen-bond donors (Lipinski definition) is 2. The molecule has 170 valence electrons. The Hall–Kier alpha value is -1.36. The van der Waals surface area contributed by atoms with Crippen molar-refractivity contribution in [3.8, 4) is 0 Å². The molecule has 6 unspecified atom stereocenters. The van der Waals surface area contributed by atoms with Crippen molar-refractivity contribution < 1.29 is 19.1 Å². The summed E-state index contributed by atoms with van der Waals surface area (Å²) < 4.78 is 5.72. The number of morpholine rings is 1. The first-order chi connectivity index (χ1) is 14.1. The highest BCUT2D eigenvalue weighted by molar-refractivity contribution is 8.00. The molecule has 3 fully saturated rings. The third-order valence-electron chi connectivity index (χ3n) is 5.89. The van der Waals surface area contributed by atoms with E-state index < -0.39 is 5.92 Å². The molecule has 3 heterocycles. The van der Waals surface area contributed by atoms with Gasteiger partial charge in [0.25, 0.3) is 0 Å². The molecule has 30 heavy (non-hydrogen) atoms. The molecule has 3 saturated heterocycles. The smallest absolute Gasteiger partial charge is 0.327 e. The lowest BCUT2D eigenvalue weighted by Crippen LogP contribution is -2.74. The quantitative estimate of drug-likeness (QED) is 0.649. The molecule has 0 saturated carbocycles. The van der Waals surface area contributed by atoms with Crippen molar-refractivity contribution in [3.05, 3.63) is 0 Å². The summed E-state index contributed by atoms with van der Waals surface area (Å²) in [4.78, 5) is 42.9. The zero-order valence-corrected chi connectivity index (χ0v) is 19.6. The molecule has 9 nitrogen and oxygen atoms in total. The first-order valence-corrected chi connectivity index (χ1v) is 11.7. The maximum atomic E-state index is 13.0. The maximum Gasteiger partial charge on any atom is 0.327 e. The van der Waals surface area contributed by atoms with Crippen molar-refractivity contribution in [3.63, 3.8) is 0 Å². The van der Waals surface area contributed by atoms with E-state index >= 15 is 0 Å². The van der Waals surface area contributed by atoms with Crippen molar-refractivity contribution in [2.45, 2.75) is 64.0 Å². The molecule has 10 heteroatoms. The molecule has 0 aromatic heterocycles. The largest absolute Gasteiger partial charge is 0.372 e. The summed E-state index contributed by atoms with van der Waals surface area (Å²) in [5.74, 6) is 0.105. The molecule has 0 spiro atoms. The summed E-state index contributed by atoms with van der Waals surface area (Å²) in [6.07, 6.45) is 0.482. The highest BCUT2D eigenvalue weighted by Crippen LogP contribution is 2.32. The zero-order chi connectivity index (χ0) is 22.2. The van der Waals surface area contributed by atoms with E-state index in [4.69, 9.17) is 4.74 Å². The van der Waals surface area contributed by atoms with Crippen LogP contribution in [0.1, 0.15) is 34.1 Å². The third-order valence-corrected chi connectivity index (χ3v) is 7.09. The second kappa shape index (κ2) is 9.42. The number of carbonyl (C=O) groups excluding carboxylic acids is 3. The van der Waals surface area contributed by atoms with E-state index in [0.29, 0.717) is 19.0 Å². The molecule has 0 aromatic rings. The van der Waals surface area contributed by atoms with Crippen molar-refractivity contribution in [1.29, 1.82) is 0 Å². The fraction of sp³-hybridized carbons (Fsp3) is 0.850. The van der Waals surface area contributed by atoms with Crippen molar-refractivity contribution in [2.24, 2.45) is 11.8 Å². The molecular formula is C20H35N5O4S. The second-order valence-electron chi connectivity index (χ2n) is 9.06. The minimum Gasteiger partial charge on any atom is -0.372 e. The van der Waals surface area contributed by atoms with Crippen LogP contribution in [0, 0.1) is 11.8 Å². The summed E-state index contributed by atoms with van der Waals surface area (Å²) in [5, 5.41) is 6.69. The van der Waals surface area contributed by atoms with E-state index in [1.54, 1.807) is 11.9 Å². The maximum absolute atomic E-state index is 13.0. The molecule has 3 aliphatic heterocycles. The zero-order valence-electron chi connectivity index (χ0n) is 18.8. The number of amides is 4. The fourth-order valence-electron chi connectivity index (χ4n) is 4.51. The molecule has 0 radical (unpaired) electrons. The molecule has 0 aliphatic carbocycles. The van der Waals surface area contributed by atoms with Gasteiger partial charge in [0.05, 0.1) is 41.6 Å². The molecule has 0 aromatic carbocycles. The SMILES string of the molecule is CC(C)CC1NC(SCC(=O)N2CC(C)OC(C)C2)C2C(=O)N(C)C(=O)N(C)C2N1. The number of rotatable bonds is 5. The monoisotopic (exact) mass is 441 g/mol.